The van der Waals surface area contributed by atoms with Gasteiger partial charge in [0.1, 0.15) is 0 Å². The second kappa shape index (κ2) is 7.56. The van der Waals surface area contributed by atoms with Gasteiger partial charge in [-0.05, 0) is 44.5 Å². The molecule has 0 fully saturated rings. The molecule has 0 radical (unpaired) electrons. The average Bonchev–Trinajstić information content (AvgIpc) is 2.38. The molecule has 1 aromatic carbocycles. The first-order valence-electron chi connectivity index (χ1n) is 6.52. The van der Waals surface area contributed by atoms with E-state index in [0.717, 1.165) is 12.8 Å². The summed E-state index contributed by atoms with van der Waals surface area (Å²) in [5, 5.41) is 0. The van der Waals surface area contributed by atoms with Crippen LogP contribution in [0.5, 0.6) is 0 Å². The van der Waals surface area contributed by atoms with Gasteiger partial charge >= 0.3 is 11.9 Å². The molecule has 19 heavy (non-hydrogen) atoms. The van der Waals surface area contributed by atoms with Gasteiger partial charge in [-0.25, -0.2) is 9.59 Å². The van der Waals surface area contributed by atoms with Crippen LogP contribution in [0.25, 0.3) is 0 Å². The van der Waals surface area contributed by atoms with Crippen LogP contribution in [-0.4, -0.2) is 24.6 Å². The molecule has 0 saturated carbocycles. The summed E-state index contributed by atoms with van der Waals surface area (Å²) in [7, 11) is 0. The fraction of sp³-hybridized carbons (Fsp3) is 0.467. The molecular formula is C15H20O4. The maximum absolute atomic E-state index is 11.6. The Labute approximate surface area is 113 Å². The van der Waals surface area contributed by atoms with E-state index in [-0.39, 0.29) is 18.0 Å². The SMILES string of the molecule is CCCCOC(=O)c1ccc(C(=O)OC(C)C)cc1. The smallest absolute Gasteiger partial charge is 0.338 e. The molecule has 0 aromatic heterocycles. The second-order valence-electron chi connectivity index (χ2n) is 4.52. The van der Waals surface area contributed by atoms with E-state index in [1.165, 1.54) is 0 Å². The van der Waals surface area contributed by atoms with Gasteiger partial charge in [-0.3, -0.25) is 0 Å². The lowest BCUT2D eigenvalue weighted by Gasteiger charge is -2.08. The Morgan fingerprint density at radius 2 is 1.58 bits per heavy atom. The van der Waals surface area contributed by atoms with Gasteiger partial charge in [0, 0.05) is 0 Å². The molecule has 0 heterocycles. The standard InChI is InChI=1S/C15H20O4/c1-4-5-10-18-14(16)12-6-8-13(9-7-12)15(17)19-11(2)3/h6-9,11H,4-5,10H2,1-3H3. The van der Waals surface area contributed by atoms with E-state index < -0.39 is 0 Å². The zero-order valence-corrected chi connectivity index (χ0v) is 11.6. The van der Waals surface area contributed by atoms with Gasteiger partial charge in [0.2, 0.25) is 0 Å². The van der Waals surface area contributed by atoms with Crippen molar-refractivity contribution in [2.75, 3.05) is 6.61 Å². The zero-order valence-electron chi connectivity index (χ0n) is 11.6. The molecule has 0 saturated heterocycles. The summed E-state index contributed by atoms with van der Waals surface area (Å²) in [6.45, 7) is 6.03. The molecule has 0 atom stereocenters. The number of unbranched alkanes of at least 4 members (excludes halogenated alkanes) is 1. The van der Waals surface area contributed by atoms with Crippen molar-refractivity contribution < 1.29 is 19.1 Å². The quantitative estimate of drug-likeness (QED) is 0.585. The molecule has 0 N–H and O–H groups in total. The molecule has 0 aliphatic heterocycles. The van der Waals surface area contributed by atoms with Gasteiger partial charge in [0.15, 0.2) is 0 Å². The predicted molar refractivity (Wildman–Crippen MR) is 72.2 cm³/mol. The van der Waals surface area contributed by atoms with E-state index in [9.17, 15) is 9.59 Å². The van der Waals surface area contributed by atoms with E-state index >= 15 is 0 Å². The van der Waals surface area contributed by atoms with Gasteiger partial charge in [0.05, 0.1) is 23.8 Å². The fourth-order valence-corrected chi connectivity index (χ4v) is 1.42. The number of ether oxygens (including phenoxy) is 2. The number of esters is 2. The van der Waals surface area contributed by atoms with Gasteiger partial charge in [-0.15, -0.1) is 0 Å². The van der Waals surface area contributed by atoms with Crippen molar-refractivity contribution >= 4 is 11.9 Å². The largest absolute Gasteiger partial charge is 0.462 e. The predicted octanol–water partition coefficient (Wildman–Crippen LogP) is 3.21. The minimum Gasteiger partial charge on any atom is -0.462 e. The van der Waals surface area contributed by atoms with Gasteiger partial charge < -0.3 is 9.47 Å². The van der Waals surface area contributed by atoms with E-state index in [1.54, 1.807) is 38.1 Å². The average molecular weight is 264 g/mol. The Balaban J connectivity index is 2.60. The zero-order chi connectivity index (χ0) is 14.3. The number of hydrogen-bond donors (Lipinski definition) is 0. The van der Waals surface area contributed by atoms with Crippen LogP contribution >= 0.6 is 0 Å². The van der Waals surface area contributed by atoms with Crippen LogP contribution in [0.15, 0.2) is 24.3 Å². The maximum atomic E-state index is 11.6. The van der Waals surface area contributed by atoms with Crippen molar-refractivity contribution in [3.8, 4) is 0 Å². The van der Waals surface area contributed by atoms with Gasteiger partial charge in [-0.2, -0.15) is 0 Å². The van der Waals surface area contributed by atoms with Crippen LogP contribution < -0.4 is 0 Å². The van der Waals surface area contributed by atoms with Crippen LogP contribution in [0, 0.1) is 0 Å². The molecule has 4 nitrogen and oxygen atoms in total. The minimum absolute atomic E-state index is 0.161. The summed E-state index contributed by atoms with van der Waals surface area (Å²) in [5.41, 5.74) is 0.871. The van der Waals surface area contributed by atoms with Crippen LogP contribution in [0.1, 0.15) is 54.3 Å². The Bertz CT molecular complexity index is 420. The minimum atomic E-state index is -0.388. The third kappa shape index (κ3) is 5.12. The Hall–Kier alpha value is -1.84. The third-order valence-corrected chi connectivity index (χ3v) is 2.43. The van der Waals surface area contributed by atoms with Crippen molar-refractivity contribution in [2.45, 2.75) is 39.7 Å². The first kappa shape index (κ1) is 15.2. The first-order valence-corrected chi connectivity index (χ1v) is 6.52. The highest BCUT2D eigenvalue weighted by Gasteiger charge is 2.11. The molecule has 1 rings (SSSR count). The lowest BCUT2D eigenvalue weighted by atomic mass is 10.1. The summed E-state index contributed by atoms with van der Waals surface area (Å²) in [6.07, 6.45) is 1.67. The summed E-state index contributed by atoms with van der Waals surface area (Å²) in [6, 6.07) is 6.29. The van der Waals surface area contributed by atoms with Crippen molar-refractivity contribution in [1.82, 2.24) is 0 Å². The van der Waals surface area contributed by atoms with E-state index in [1.807, 2.05) is 6.92 Å². The number of benzene rings is 1. The van der Waals surface area contributed by atoms with Gasteiger partial charge in [-0.1, -0.05) is 13.3 Å². The van der Waals surface area contributed by atoms with Crippen LogP contribution in [-0.2, 0) is 9.47 Å². The van der Waals surface area contributed by atoms with Crippen molar-refractivity contribution in [2.24, 2.45) is 0 Å². The molecule has 0 amide bonds. The van der Waals surface area contributed by atoms with E-state index in [4.69, 9.17) is 9.47 Å². The normalized spacial score (nSPS) is 10.3. The van der Waals surface area contributed by atoms with Crippen molar-refractivity contribution in [3.63, 3.8) is 0 Å². The summed E-state index contributed by atoms with van der Waals surface area (Å²) in [5.74, 6) is -0.752. The maximum Gasteiger partial charge on any atom is 0.338 e. The Morgan fingerprint density at radius 1 is 1.05 bits per heavy atom. The molecule has 0 unspecified atom stereocenters. The molecular weight excluding hydrogens is 244 g/mol. The lowest BCUT2D eigenvalue weighted by Crippen LogP contribution is -2.12. The summed E-state index contributed by atoms with van der Waals surface area (Å²) >= 11 is 0. The van der Waals surface area contributed by atoms with Crippen LogP contribution in [0.2, 0.25) is 0 Å². The van der Waals surface area contributed by atoms with Crippen molar-refractivity contribution in [3.05, 3.63) is 35.4 Å². The molecule has 4 heteroatoms. The summed E-state index contributed by atoms with van der Waals surface area (Å²) in [4.78, 5) is 23.2. The molecule has 104 valence electrons. The van der Waals surface area contributed by atoms with Crippen LogP contribution in [0.4, 0.5) is 0 Å². The molecule has 0 spiro atoms. The number of rotatable bonds is 6. The number of hydrogen-bond acceptors (Lipinski definition) is 4. The monoisotopic (exact) mass is 264 g/mol. The first-order chi connectivity index (χ1) is 9.04. The lowest BCUT2D eigenvalue weighted by molar-refractivity contribution is 0.0376. The summed E-state index contributed by atoms with van der Waals surface area (Å²) < 4.78 is 10.1. The molecule has 1 aromatic rings. The third-order valence-electron chi connectivity index (χ3n) is 2.43. The van der Waals surface area contributed by atoms with Crippen molar-refractivity contribution in [1.29, 1.82) is 0 Å². The van der Waals surface area contributed by atoms with Crippen LogP contribution in [0.3, 0.4) is 0 Å². The number of carbonyl (C=O) groups is 2. The highest BCUT2D eigenvalue weighted by molar-refractivity contribution is 5.93. The molecule has 0 bridgehead atoms. The highest BCUT2D eigenvalue weighted by atomic mass is 16.5. The number of carbonyl (C=O) groups excluding carboxylic acids is 2. The highest BCUT2D eigenvalue weighted by Crippen LogP contribution is 2.09. The van der Waals surface area contributed by atoms with Gasteiger partial charge in [0.25, 0.3) is 0 Å². The topological polar surface area (TPSA) is 52.6 Å². The van der Waals surface area contributed by atoms with E-state index in [0.29, 0.717) is 17.7 Å². The Kier molecular flexibility index (Phi) is 6.06. The molecule has 0 aliphatic carbocycles. The fourth-order valence-electron chi connectivity index (χ4n) is 1.42. The molecule has 0 aliphatic rings. The van der Waals surface area contributed by atoms with E-state index in [2.05, 4.69) is 0 Å². The Morgan fingerprint density at radius 3 is 2.05 bits per heavy atom. The second-order valence-corrected chi connectivity index (χ2v) is 4.52.